The highest BCUT2D eigenvalue weighted by Gasteiger charge is 2.16. The molecule has 0 radical (unpaired) electrons. The Morgan fingerprint density at radius 3 is 2.63 bits per heavy atom. The summed E-state index contributed by atoms with van der Waals surface area (Å²) in [5, 5.41) is 8.26. The van der Waals surface area contributed by atoms with E-state index in [1.807, 2.05) is 0 Å². The lowest BCUT2D eigenvalue weighted by atomic mass is 10.1. The van der Waals surface area contributed by atoms with Gasteiger partial charge in [-0.3, -0.25) is 14.9 Å². The van der Waals surface area contributed by atoms with E-state index >= 15 is 0 Å². The Bertz CT molecular complexity index is 936. The van der Waals surface area contributed by atoms with Crippen molar-refractivity contribution in [2.45, 2.75) is 0 Å². The van der Waals surface area contributed by atoms with Gasteiger partial charge in [-0.1, -0.05) is 34.1 Å². The highest BCUT2D eigenvalue weighted by atomic mass is 79.9. The van der Waals surface area contributed by atoms with E-state index in [0.717, 1.165) is 4.47 Å². The molecule has 9 heteroatoms. The normalized spacial score (nSPS) is 10.1. The fraction of sp³-hybridized carbons (Fsp3) is 0.190. The van der Waals surface area contributed by atoms with Crippen LogP contribution in [0, 0.1) is 0 Å². The molecule has 2 rings (SSSR count). The summed E-state index contributed by atoms with van der Waals surface area (Å²) < 4.78 is 11.3. The van der Waals surface area contributed by atoms with Gasteiger partial charge < -0.3 is 20.1 Å². The molecular formula is C21H22BrN3O4S. The van der Waals surface area contributed by atoms with E-state index in [2.05, 4.69) is 38.5 Å². The van der Waals surface area contributed by atoms with E-state index in [9.17, 15) is 9.59 Å². The Labute approximate surface area is 189 Å². The fourth-order valence-electron chi connectivity index (χ4n) is 2.41. The van der Waals surface area contributed by atoms with Gasteiger partial charge in [0.2, 0.25) is 0 Å². The van der Waals surface area contributed by atoms with Crippen LogP contribution >= 0.6 is 28.1 Å². The summed E-state index contributed by atoms with van der Waals surface area (Å²) in [5.74, 6) is -0.331. The van der Waals surface area contributed by atoms with Crippen molar-refractivity contribution in [2.75, 3.05) is 32.2 Å². The molecule has 0 spiro atoms. The van der Waals surface area contributed by atoms with Gasteiger partial charge in [0.1, 0.15) is 12.4 Å². The number of ether oxygens (including phenoxy) is 2. The standard InChI is InChI=1S/C21H22BrN3O4S/c1-3-10-23-19(26)15-6-4-5-7-17(15)24-21(30)25-20(27)16-13-14(22)8-9-18(16)29-12-11-28-2/h3-9,13H,1,10-12H2,2H3,(H,23,26)(H2,24,25,27,30). The number of carbonyl (C=O) groups excluding carboxylic acids is 2. The van der Waals surface area contributed by atoms with Crippen LogP contribution in [0.15, 0.2) is 59.6 Å². The quantitative estimate of drug-likeness (QED) is 0.282. The number of thiocarbonyl (C=S) groups is 1. The maximum Gasteiger partial charge on any atom is 0.261 e. The van der Waals surface area contributed by atoms with Crippen LogP contribution in [0.4, 0.5) is 5.69 Å². The molecule has 0 heterocycles. The summed E-state index contributed by atoms with van der Waals surface area (Å²) in [6.45, 7) is 4.60. The van der Waals surface area contributed by atoms with Crippen molar-refractivity contribution in [3.63, 3.8) is 0 Å². The van der Waals surface area contributed by atoms with Gasteiger partial charge in [0.05, 0.1) is 23.4 Å². The van der Waals surface area contributed by atoms with Crippen LogP contribution in [-0.2, 0) is 4.74 Å². The zero-order valence-corrected chi connectivity index (χ0v) is 18.8. The Morgan fingerprint density at radius 2 is 1.90 bits per heavy atom. The minimum Gasteiger partial charge on any atom is -0.490 e. The summed E-state index contributed by atoms with van der Waals surface area (Å²) in [4.78, 5) is 25.0. The largest absolute Gasteiger partial charge is 0.490 e. The molecule has 0 bridgehead atoms. The number of rotatable bonds is 9. The first-order valence-electron chi connectivity index (χ1n) is 8.98. The summed E-state index contributed by atoms with van der Waals surface area (Å²) in [6.07, 6.45) is 1.59. The molecule has 0 saturated heterocycles. The molecule has 7 nitrogen and oxygen atoms in total. The van der Waals surface area contributed by atoms with Crippen LogP contribution in [0.5, 0.6) is 5.75 Å². The number of anilines is 1. The maximum atomic E-state index is 12.8. The predicted molar refractivity (Wildman–Crippen MR) is 124 cm³/mol. The van der Waals surface area contributed by atoms with E-state index in [-0.39, 0.29) is 11.0 Å². The lowest BCUT2D eigenvalue weighted by Gasteiger charge is -2.15. The topological polar surface area (TPSA) is 88.7 Å². The van der Waals surface area contributed by atoms with E-state index in [1.165, 1.54) is 0 Å². The minimum atomic E-state index is -0.449. The molecule has 2 aromatic rings. The molecule has 0 unspecified atom stereocenters. The molecule has 0 saturated carbocycles. The Balaban J connectivity index is 2.11. The van der Waals surface area contributed by atoms with Gasteiger partial charge in [-0.05, 0) is 42.5 Å². The number of benzene rings is 2. The van der Waals surface area contributed by atoms with Crippen LogP contribution in [0.2, 0.25) is 0 Å². The van der Waals surface area contributed by atoms with Gasteiger partial charge in [0, 0.05) is 18.1 Å². The molecule has 0 aromatic heterocycles. The van der Waals surface area contributed by atoms with Crippen molar-refractivity contribution in [1.29, 1.82) is 0 Å². The summed E-state index contributed by atoms with van der Waals surface area (Å²) in [5.41, 5.74) is 1.17. The van der Waals surface area contributed by atoms with Crippen LogP contribution < -0.4 is 20.7 Å². The second kappa shape index (κ2) is 12.1. The smallest absolute Gasteiger partial charge is 0.261 e. The Kier molecular flexibility index (Phi) is 9.46. The number of para-hydroxylation sites is 1. The van der Waals surface area contributed by atoms with Crippen molar-refractivity contribution in [2.24, 2.45) is 0 Å². The third-order valence-electron chi connectivity index (χ3n) is 3.79. The second-order valence-corrected chi connectivity index (χ2v) is 7.26. The number of nitrogens with one attached hydrogen (secondary N) is 3. The summed E-state index contributed by atoms with van der Waals surface area (Å²) in [7, 11) is 1.57. The number of hydrogen-bond donors (Lipinski definition) is 3. The average Bonchev–Trinajstić information content (AvgIpc) is 2.73. The average molecular weight is 492 g/mol. The summed E-state index contributed by atoms with van der Waals surface area (Å²) >= 11 is 8.62. The second-order valence-electron chi connectivity index (χ2n) is 5.93. The molecule has 2 aromatic carbocycles. The van der Waals surface area contributed by atoms with Gasteiger partial charge in [0.25, 0.3) is 11.8 Å². The molecule has 0 atom stereocenters. The number of carbonyl (C=O) groups is 2. The lowest BCUT2D eigenvalue weighted by molar-refractivity contribution is 0.0955. The first-order valence-corrected chi connectivity index (χ1v) is 10.2. The van der Waals surface area contributed by atoms with E-state index in [1.54, 1.807) is 55.7 Å². The van der Waals surface area contributed by atoms with Crippen molar-refractivity contribution >= 4 is 50.8 Å². The van der Waals surface area contributed by atoms with Crippen LogP contribution in [0.3, 0.4) is 0 Å². The first-order chi connectivity index (χ1) is 14.5. The van der Waals surface area contributed by atoms with E-state index < -0.39 is 5.91 Å². The molecule has 3 N–H and O–H groups in total. The minimum absolute atomic E-state index is 0.0480. The molecule has 158 valence electrons. The maximum absolute atomic E-state index is 12.8. The highest BCUT2D eigenvalue weighted by molar-refractivity contribution is 9.10. The number of methoxy groups -OCH3 is 1. The third-order valence-corrected chi connectivity index (χ3v) is 4.48. The highest BCUT2D eigenvalue weighted by Crippen LogP contribution is 2.23. The number of halogens is 1. The van der Waals surface area contributed by atoms with Crippen molar-refractivity contribution < 1.29 is 19.1 Å². The van der Waals surface area contributed by atoms with Crippen molar-refractivity contribution in [1.82, 2.24) is 10.6 Å². The molecule has 0 fully saturated rings. The van der Waals surface area contributed by atoms with Gasteiger partial charge >= 0.3 is 0 Å². The molecule has 0 aliphatic carbocycles. The zero-order valence-electron chi connectivity index (χ0n) is 16.4. The van der Waals surface area contributed by atoms with Gasteiger partial charge in [-0.2, -0.15) is 0 Å². The first kappa shape index (κ1) is 23.5. The SMILES string of the molecule is C=CCNC(=O)c1ccccc1NC(=S)NC(=O)c1cc(Br)ccc1OCCOC. The zero-order chi connectivity index (χ0) is 21.9. The fourth-order valence-corrected chi connectivity index (χ4v) is 2.98. The van der Waals surface area contributed by atoms with Gasteiger partial charge in [0.15, 0.2) is 5.11 Å². The number of hydrogen-bond acceptors (Lipinski definition) is 5. The molecule has 30 heavy (non-hydrogen) atoms. The van der Waals surface area contributed by atoms with Crippen LogP contribution in [0.1, 0.15) is 20.7 Å². The third kappa shape index (κ3) is 6.94. The van der Waals surface area contributed by atoms with Crippen molar-refractivity contribution in [3.05, 3.63) is 70.7 Å². The monoisotopic (exact) mass is 491 g/mol. The Hall–Kier alpha value is -2.75. The summed E-state index contributed by atoms with van der Waals surface area (Å²) in [6, 6.07) is 11.9. The van der Waals surface area contributed by atoms with E-state index in [4.69, 9.17) is 21.7 Å². The predicted octanol–water partition coefficient (Wildman–Crippen LogP) is 3.52. The van der Waals surface area contributed by atoms with E-state index in [0.29, 0.717) is 42.3 Å². The lowest BCUT2D eigenvalue weighted by Crippen LogP contribution is -2.35. The molecule has 2 amide bonds. The van der Waals surface area contributed by atoms with Crippen LogP contribution in [0.25, 0.3) is 0 Å². The van der Waals surface area contributed by atoms with Gasteiger partial charge in [-0.25, -0.2) is 0 Å². The number of amides is 2. The Morgan fingerprint density at radius 1 is 1.13 bits per heavy atom. The molecule has 0 aliphatic rings. The van der Waals surface area contributed by atoms with Crippen LogP contribution in [-0.4, -0.2) is 43.8 Å². The molecule has 0 aliphatic heterocycles. The molecular weight excluding hydrogens is 470 g/mol. The van der Waals surface area contributed by atoms with Crippen molar-refractivity contribution in [3.8, 4) is 5.75 Å². The van der Waals surface area contributed by atoms with Gasteiger partial charge in [-0.15, -0.1) is 6.58 Å².